The molecule has 27 heavy (non-hydrogen) atoms. The molecule has 4 nitrogen and oxygen atoms in total. The summed E-state index contributed by atoms with van der Waals surface area (Å²) in [4.78, 5) is 15.6. The minimum atomic E-state index is -0.194. The van der Waals surface area contributed by atoms with Gasteiger partial charge in [0, 0.05) is 29.2 Å². The molecule has 3 rings (SSSR count). The molecular formula is C22H25N3OS. The maximum Gasteiger partial charge on any atom is 0.257 e. The number of rotatable bonds is 4. The van der Waals surface area contributed by atoms with Gasteiger partial charge >= 0.3 is 0 Å². The van der Waals surface area contributed by atoms with Crippen molar-refractivity contribution < 1.29 is 4.79 Å². The molecule has 0 radical (unpaired) electrons. The Hall–Kier alpha value is -2.66. The summed E-state index contributed by atoms with van der Waals surface area (Å²) in [6.07, 6.45) is 2.84. The zero-order valence-corrected chi connectivity index (χ0v) is 16.7. The Labute approximate surface area is 165 Å². The third-order valence-corrected chi connectivity index (χ3v) is 4.84. The minimum Gasteiger partial charge on any atom is -0.362 e. The number of nitrogens with one attached hydrogen (secondary N) is 3. The molecule has 140 valence electrons. The monoisotopic (exact) mass is 379 g/mol. The van der Waals surface area contributed by atoms with E-state index in [1.165, 1.54) is 16.5 Å². The van der Waals surface area contributed by atoms with E-state index in [1.54, 1.807) is 0 Å². The Balaban J connectivity index is 1.51. The molecule has 0 unspecified atom stereocenters. The lowest BCUT2D eigenvalue weighted by molar-refractivity contribution is 0.0976. The second-order valence-corrected chi connectivity index (χ2v) is 8.06. The van der Waals surface area contributed by atoms with Crippen molar-refractivity contribution in [2.24, 2.45) is 0 Å². The van der Waals surface area contributed by atoms with Crippen LogP contribution in [0.1, 0.15) is 42.3 Å². The van der Waals surface area contributed by atoms with Crippen molar-refractivity contribution in [1.29, 1.82) is 0 Å². The third kappa shape index (κ3) is 4.74. The predicted octanol–water partition coefficient (Wildman–Crippen LogP) is 4.31. The van der Waals surface area contributed by atoms with Crippen molar-refractivity contribution in [1.82, 2.24) is 15.6 Å². The van der Waals surface area contributed by atoms with Gasteiger partial charge in [-0.25, -0.2) is 0 Å². The van der Waals surface area contributed by atoms with Crippen molar-refractivity contribution in [3.05, 3.63) is 71.4 Å². The molecule has 1 aromatic heterocycles. The number of fused-ring (bicyclic) bond motifs is 1. The summed E-state index contributed by atoms with van der Waals surface area (Å²) in [5.74, 6) is -0.194. The van der Waals surface area contributed by atoms with E-state index in [9.17, 15) is 4.79 Å². The Morgan fingerprint density at radius 3 is 2.48 bits per heavy atom. The Kier molecular flexibility index (Phi) is 5.61. The average Bonchev–Trinajstić information content (AvgIpc) is 3.04. The van der Waals surface area contributed by atoms with Gasteiger partial charge in [0.25, 0.3) is 5.91 Å². The average molecular weight is 380 g/mol. The van der Waals surface area contributed by atoms with Crippen LogP contribution in [-0.4, -0.2) is 22.5 Å². The summed E-state index contributed by atoms with van der Waals surface area (Å²) < 4.78 is 0. The zero-order chi connectivity index (χ0) is 19.4. The van der Waals surface area contributed by atoms with Crippen LogP contribution in [0.5, 0.6) is 0 Å². The summed E-state index contributed by atoms with van der Waals surface area (Å²) in [6.45, 7) is 7.10. The number of hydrogen-bond acceptors (Lipinski definition) is 2. The molecule has 0 aliphatic heterocycles. The Morgan fingerprint density at radius 2 is 1.78 bits per heavy atom. The van der Waals surface area contributed by atoms with Gasteiger partial charge in [-0.2, -0.15) is 0 Å². The normalized spacial score (nSPS) is 11.4. The van der Waals surface area contributed by atoms with E-state index in [-0.39, 0.29) is 11.3 Å². The van der Waals surface area contributed by atoms with Crippen molar-refractivity contribution >= 4 is 34.1 Å². The molecule has 0 aliphatic carbocycles. The lowest BCUT2D eigenvalue weighted by atomic mass is 9.87. The van der Waals surface area contributed by atoms with Crippen LogP contribution in [0.2, 0.25) is 0 Å². The molecule has 3 N–H and O–H groups in total. The lowest BCUT2D eigenvalue weighted by Crippen LogP contribution is -2.40. The fraction of sp³-hybridized carbons (Fsp3) is 0.273. The van der Waals surface area contributed by atoms with E-state index < -0.39 is 0 Å². The second-order valence-electron chi connectivity index (χ2n) is 7.65. The first-order valence-corrected chi connectivity index (χ1v) is 9.50. The van der Waals surface area contributed by atoms with E-state index in [2.05, 4.69) is 48.5 Å². The lowest BCUT2D eigenvalue weighted by Gasteiger charge is -2.19. The predicted molar refractivity (Wildman–Crippen MR) is 115 cm³/mol. The van der Waals surface area contributed by atoms with Crippen LogP contribution in [0.25, 0.3) is 10.9 Å². The van der Waals surface area contributed by atoms with Crippen LogP contribution in [-0.2, 0) is 11.8 Å². The van der Waals surface area contributed by atoms with Crippen molar-refractivity contribution in [3.8, 4) is 0 Å². The highest BCUT2D eigenvalue weighted by Crippen LogP contribution is 2.22. The highest BCUT2D eigenvalue weighted by Gasteiger charge is 2.14. The Morgan fingerprint density at radius 1 is 1.07 bits per heavy atom. The van der Waals surface area contributed by atoms with Crippen molar-refractivity contribution in [2.75, 3.05) is 6.54 Å². The van der Waals surface area contributed by atoms with Gasteiger partial charge in [-0.3, -0.25) is 10.1 Å². The summed E-state index contributed by atoms with van der Waals surface area (Å²) in [7, 11) is 0. The van der Waals surface area contributed by atoms with Gasteiger partial charge in [0.2, 0.25) is 0 Å². The highest BCUT2D eigenvalue weighted by molar-refractivity contribution is 7.80. The summed E-state index contributed by atoms with van der Waals surface area (Å²) in [5.41, 5.74) is 4.21. The summed E-state index contributed by atoms with van der Waals surface area (Å²) in [5, 5.41) is 7.42. The molecule has 0 atom stereocenters. The van der Waals surface area contributed by atoms with Gasteiger partial charge in [-0.15, -0.1) is 0 Å². The number of aromatic nitrogens is 1. The van der Waals surface area contributed by atoms with Gasteiger partial charge in [0.15, 0.2) is 5.11 Å². The second kappa shape index (κ2) is 7.92. The maximum atomic E-state index is 12.3. The number of hydrogen-bond donors (Lipinski definition) is 3. The molecule has 0 bridgehead atoms. The zero-order valence-electron chi connectivity index (χ0n) is 15.9. The quantitative estimate of drug-likeness (QED) is 0.592. The van der Waals surface area contributed by atoms with Gasteiger partial charge in [0.1, 0.15) is 0 Å². The van der Waals surface area contributed by atoms with Crippen LogP contribution in [0.4, 0.5) is 0 Å². The van der Waals surface area contributed by atoms with Gasteiger partial charge < -0.3 is 10.3 Å². The number of amides is 1. The first-order valence-electron chi connectivity index (χ1n) is 9.09. The van der Waals surface area contributed by atoms with Crippen molar-refractivity contribution in [3.63, 3.8) is 0 Å². The fourth-order valence-electron chi connectivity index (χ4n) is 2.99. The smallest absolute Gasteiger partial charge is 0.257 e. The summed E-state index contributed by atoms with van der Waals surface area (Å²) in [6, 6.07) is 15.9. The molecule has 1 heterocycles. The van der Waals surface area contributed by atoms with Crippen LogP contribution >= 0.6 is 12.2 Å². The number of aromatic amines is 1. The van der Waals surface area contributed by atoms with Crippen LogP contribution in [0.3, 0.4) is 0 Å². The molecule has 5 heteroatoms. The van der Waals surface area contributed by atoms with E-state index in [0.717, 1.165) is 11.9 Å². The standard InChI is InChI=1S/C22H25N3OS/c1-22(2,3)17-10-8-15(9-11-17)20(26)25-21(27)23-13-12-16-14-24-19-7-5-4-6-18(16)19/h4-11,14,24H,12-13H2,1-3H3,(H2,23,25,26,27). The van der Waals surface area contributed by atoms with Gasteiger partial charge in [0.05, 0.1) is 0 Å². The van der Waals surface area contributed by atoms with Crippen LogP contribution in [0.15, 0.2) is 54.7 Å². The third-order valence-electron chi connectivity index (χ3n) is 4.59. The molecular weight excluding hydrogens is 354 g/mol. The highest BCUT2D eigenvalue weighted by atomic mass is 32.1. The minimum absolute atomic E-state index is 0.0638. The van der Waals surface area contributed by atoms with E-state index in [4.69, 9.17) is 12.2 Å². The number of H-pyrrole nitrogens is 1. The molecule has 0 aliphatic rings. The van der Waals surface area contributed by atoms with Crippen LogP contribution in [0, 0.1) is 0 Å². The topological polar surface area (TPSA) is 56.9 Å². The molecule has 0 fully saturated rings. The molecule has 0 spiro atoms. The first-order chi connectivity index (χ1) is 12.8. The van der Waals surface area contributed by atoms with E-state index in [1.807, 2.05) is 42.6 Å². The van der Waals surface area contributed by atoms with Crippen molar-refractivity contribution in [2.45, 2.75) is 32.6 Å². The number of para-hydroxylation sites is 1. The Bertz CT molecular complexity index is 952. The first kappa shape index (κ1) is 19.1. The number of carbonyl (C=O) groups excluding carboxylic acids is 1. The molecule has 3 aromatic rings. The molecule has 1 amide bonds. The SMILES string of the molecule is CC(C)(C)c1ccc(C(=O)NC(=S)NCCc2c[nH]c3ccccc23)cc1. The van der Waals surface area contributed by atoms with E-state index in [0.29, 0.717) is 17.2 Å². The largest absolute Gasteiger partial charge is 0.362 e. The number of thiocarbonyl (C=S) groups is 1. The molecule has 2 aromatic carbocycles. The maximum absolute atomic E-state index is 12.3. The van der Waals surface area contributed by atoms with Crippen LogP contribution < -0.4 is 10.6 Å². The number of benzene rings is 2. The molecule has 0 saturated carbocycles. The fourth-order valence-corrected chi connectivity index (χ4v) is 3.18. The molecule has 0 saturated heterocycles. The van der Waals surface area contributed by atoms with E-state index >= 15 is 0 Å². The summed E-state index contributed by atoms with van der Waals surface area (Å²) >= 11 is 5.26. The number of carbonyl (C=O) groups is 1. The van der Waals surface area contributed by atoms with Gasteiger partial charge in [-0.05, 0) is 53.4 Å². The van der Waals surface area contributed by atoms with Gasteiger partial charge in [-0.1, -0.05) is 51.1 Å².